The van der Waals surface area contributed by atoms with Crippen molar-refractivity contribution >= 4 is 17.8 Å². The normalized spacial score (nSPS) is 19.7. The van der Waals surface area contributed by atoms with Crippen LogP contribution in [-0.4, -0.2) is 54.0 Å². The van der Waals surface area contributed by atoms with E-state index in [1.54, 1.807) is 31.2 Å². The van der Waals surface area contributed by atoms with Gasteiger partial charge in [0.1, 0.15) is 12.3 Å². The van der Waals surface area contributed by atoms with Crippen molar-refractivity contribution in [3.63, 3.8) is 0 Å². The number of rotatable bonds is 9. The van der Waals surface area contributed by atoms with Crippen molar-refractivity contribution in [1.82, 2.24) is 10.2 Å². The summed E-state index contributed by atoms with van der Waals surface area (Å²) in [5, 5.41) is 2.53. The fourth-order valence-electron chi connectivity index (χ4n) is 3.65. The van der Waals surface area contributed by atoms with Gasteiger partial charge in [0.05, 0.1) is 6.61 Å². The average Bonchev–Trinajstić information content (AvgIpc) is 2.72. The van der Waals surface area contributed by atoms with Crippen molar-refractivity contribution in [2.24, 2.45) is 0 Å². The minimum Gasteiger partial charge on any atom is -0.494 e. The molecule has 1 saturated heterocycles. The van der Waals surface area contributed by atoms with E-state index in [9.17, 15) is 14.4 Å². The van der Waals surface area contributed by atoms with Gasteiger partial charge in [-0.1, -0.05) is 13.3 Å². The first-order valence-corrected chi connectivity index (χ1v) is 10.9. The Morgan fingerprint density at radius 2 is 1.77 bits per heavy atom. The van der Waals surface area contributed by atoms with Crippen molar-refractivity contribution in [3.05, 3.63) is 29.8 Å². The largest absolute Gasteiger partial charge is 0.494 e. The SMILES string of the molecule is CCCCOc1ccc(C(=O)NCC(=O)O[C@H](C)C(=O)N2[C@@H](C)CCC[C@@H]2C)cc1. The van der Waals surface area contributed by atoms with E-state index in [0.717, 1.165) is 32.1 Å². The van der Waals surface area contributed by atoms with Gasteiger partial charge in [-0.3, -0.25) is 14.4 Å². The molecule has 2 amide bonds. The molecule has 0 saturated carbocycles. The van der Waals surface area contributed by atoms with Gasteiger partial charge in [-0.05, 0) is 70.7 Å². The fraction of sp³-hybridized carbons (Fsp3) is 0.609. The number of hydrogen-bond donors (Lipinski definition) is 1. The van der Waals surface area contributed by atoms with Gasteiger partial charge in [0.2, 0.25) is 0 Å². The lowest BCUT2D eigenvalue weighted by Gasteiger charge is -2.40. The topological polar surface area (TPSA) is 84.9 Å². The standard InChI is InChI=1S/C23H34N2O5/c1-5-6-14-29-20-12-10-19(11-13-20)22(27)24-15-21(26)30-18(4)23(28)25-16(2)8-7-9-17(25)3/h10-13,16-18H,5-9,14-15H2,1-4H3,(H,24,27)/t16-,17-,18+/m0/s1. The molecule has 1 fully saturated rings. The number of unbranched alkanes of at least 4 members (excludes halogenated alkanes) is 1. The molecule has 0 spiro atoms. The molecule has 7 nitrogen and oxygen atoms in total. The van der Waals surface area contributed by atoms with Gasteiger partial charge in [-0.2, -0.15) is 0 Å². The van der Waals surface area contributed by atoms with Crippen molar-refractivity contribution in [3.8, 4) is 5.75 Å². The highest BCUT2D eigenvalue weighted by atomic mass is 16.5. The van der Waals surface area contributed by atoms with Crippen LogP contribution in [0.25, 0.3) is 0 Å². The second kappa shape index (κ2) is 11.6. The average molecular weight is 419 g/mol. The first-order chi connectivity index (χ1) is 14.3. The minimum absolute atomic E-state index is 0.135. The summed E-state index contributed by atoms with van der Waals surface area (Å²) in [6, 6.07) is 7.02. The second-order valence-electron chi connectivity index (χ2n) is 7.92. The molecule has 1 aromatic carbocycles. The van der Waals surface area contributed by atoms with Crippen molar-refractivity contribution in [2.45, 2.75) is 78.0 Å². The van der Waals surface area contributed by atoms with Crippen molar-refractivity contribution in [1.29, 1.82) is 0 Å². The molecule has 166 valence electrons. The number of nitrogens with one attached hydrogen (secondary N) is 1. The summed E-state index contributed by atoms with van der Waals surface area (Å²) < 4.78 is 10.8. The maximum absolute atomic E-state index is 12.7. The molecule has 0 bridgehead atoms. The number of nitrogens with zero attached hydrogens (tertiary/aromatic N) is 1. The van der Waals surface area contributed by atoms with Gasteiger partial charge >= 0.3 is 5.97 Å². The van der Waals surface area contributed by atoms with Crippen LogP contribution in [0.5, 0.6) is 5.75 Å². The van der Waals surface area contributed by atoms with E-state index in [1.165, 1.54) is 0 Å². The molecule has 7 heteroatoms. The van der Waals surface area contributed by atoms with Gasteiger partial charge in [0.25, 0.3) is 11.8 Å². The molecule has 1 aromatic rings. The van der Waals surface area contributed by atoms with Gasteiger partial charge < -0.3 is 19.7 Å². The van der Waals surface area contributed by atoms with Crippen LogP contribution < -0.4 is 10.1 Å². The summed E-state index contributed by atoms with van der Waals surface area (Å²) in [4.78, 5) is 38.9. The Labute approximate surface area is 179 Å². The zero-order chi connectivity index (χ0) is 22.1. The molecule has 30 heavy (non-hydrogen) atoms. The molecule has 0 radical (unpaired) electrons. The number of benzene rings is 1. The highest BCUT2D eigenvalue weighted by Crippen LogP contribution is 2.23. The van der Waals surface area contributed by atoms with E-state index >= 15 is 0 Å². The molecule has 1 aliphatic rings. The van der Waals surface area contributed by atoms with Crippen LogP contribution in [0.2, 0.25) is 0 Å². The third-order valence-corrected chi connectivity index (χ3v) is 5.38. The summed E-state index contributed by atoms with van der Waals surface area (Å²) in [7, 11) is 0. The molecule has 0 unspecified atom stereocenters. The number of carbonyl (C=O) groups excluding carboxylic acids is 3. The predicted molar refractivity (Wildman–Crippen MR) is 114 cm³/mol. The number of esters is 1. The molecular formula is C23H34N2O5. The Morgan fingerprint density at radius 3 is 2.37 bits per heavy atom. The summed E-state index contributed by atoms with van der Waals surface area (Å²) in [5.74, 6) is -0.508. The number of hydrogen-bond acceptors (Lipinski definition) is 5. The van der Waals surface area contributed by atoms with E-state index in [-0.39, 0.29) is 30.4 Å². The Bertz CT molecular complexity index is 709. The van der Waals surface area contributed by atoms with Crippen molar-refractivity contribution in [2.75, 3.05) is 13.2 Å². The molecule has 0 aliphatic carbocycles. The minimum atomic E-state index is -0.878. The zero-order valence-corrected chi connectivity index (χ0v) is 18.5. The first kappa shape index (κ1) is 23.7. The lowest BCUT2D eigenvalue weighted by atomic mass is 9.97. The van der Waals surface area contributed by atoms with Gasteiger partial charge in [-0.15, -0.1) is 0 Å². The Balaban J connectivity index is 1.79. The fourth-order valence-corrected chi connectivity index (χ4v) is 3.65. The molecule has 1 N–H and O–H groups in total. The summed E-state index contributed by atoms with van der Waals surface area (Å²) in [6.07, 6.45) is 4.15. The number of amides is 2. The van der Waals surface area contributed by atoms with Crippen LogP contribution in [0.4, 0.5) is 0 Å². The first-order valence-electron chi connectivity index (χ1n) is 10.9. The third kappa shape index (κ3) is 6.75. The number of carbonyl (C=O) groups is 3. The Morgan fingerprint density at radius 1 is 1.13 bits per heavy atom. The van der Waals surface area contributed by atoms with Crippen LogP contribution >= 0.6 is 0 Å². The van der Waals surface area contributed by atoms with Crippen LogP contribution in [-0.2, 0) is 14.3 Å². The summed E-state index contributed by atoms with van der Waals surface area (Å²) >= 11 is 0. The number of piperidine rings is 1. The molecule has 3 atom stereocenters. The quantitative estimate of drug-likeness (QED) is 0.491. The van der Waals surface area contributed by atoms with E-state index in [4.69, 9.17) is 9.47 Å². The number of ether oxygens (including phenoxy) is 2. The van der Waals surface area contributed by atoms with Crippen LogP contribution in [0.15, 0.2) is 24.3 Å². The zero-order valence-electron chi connectivity index (χ0n) is 18.5. The summed E-state index contributed by atoms with van der Waals surface area (Å²) in [6.45, 7) is 8.04. The van der Waals surface area contributed by atoms with E-state index < -0.39 is 12.1 Å². The van der Waals surface area contributed by atoms with E-state index in [0.29, 0.717) is 17.9 Å². The molecule has 2 rings (SSSR count). The Hall–Kier alpha value is -2.57. The molecule has 0 aromatic heterocycles. The van der Waals surface area contributed by atoms with Crippen LogP contribution in [0.3, 0.4) is 0 Å². The van der Waals surface area contributed by atoms with Crippen molar-refractivity contribution < 1.29 is 23.9 Å². The monoisotopic (exact) mass is 418 g/mol. The Kier molecular flexibility index (Phi) is 9.15. The lowest BCUT2D eigenvalue weighted by Crippen LogP contribution is -2.51. The second-order valence-corrected chi connectivity index (χ2v) is 7.92. The highest BCUT2D eigenvalue weighted by molar-refractivity contribution is 5.96. The molecular weight excluding hydrogens is 384 g/mol. The molecule has 1 heterocycles. The van der Waals surface area contributed by atoms with Gasteiger partial charge in [0, 0.05) is 17.6 Å². The maximum Gasteiger partial charge on any atom is 0.326 e. The summed E-state index contributed by atoms with van der Waals surface area (Å²) in [5.41, 5.74) is 0.422. The smallest absolute Gasteiger partial charge is 0.326 e. The van der Waals surface area contributed by atoms with Gasteiger partial charge in [-0.25, -0.2) is 0 Å². The predicted octanol–water partition coefficient (Wildman–Crippen LogP) is 3.32. The van der Waals surface area contributed by atoms with E-state index in [1.807, 2.05) is 18.7 Å². The third-order valence-electron chi connectivity index (χ3n) is 5.38. The lowest BCUT2D eigenvalue weighted by molar-refractivity contribution is -0.161. The van der Waals surface area contributed by atoms with Gasteiger partial charge in [0.15, 0.2) is 6.10 Å². The van der Waals surface area contributed by atoms with Crippen LogP contribution in [0.1, 0.15) is 70.2 Å². The van der Waals surface area contributed by atoms with E-state index in [2.05, 4.69) is 12.2 Å². The number of likely N-dealkylation sites (tertiary alicyclic amines) is 1. The molecule has 1 aliphatic heterocycles. The highest BCUT2D eigenvalue weighted by Gasteiger charge is 2.33. The maximum atomic E-state index is 12.7. The van der Waals surface area contributed by atoms with Crippen LogP contribution in [0, 0.1) is 0 Å².